The number of nitrogens with one attached hydrogen (secondary N) is 2. The Hall–Kier alpha value is -1.59. The van der Waals surface area contributed by atoms with Gasteiger partial charge in [0, 0.05) is 31.1 Å². The standard InChI is InChI=1S/C20H27N3O2.ClH/c1-13-2-4-14(5-3-13)12-23-18(8-9-19(23)24)20(25)22-17-10-15-6-7-16(11-17)21-15;/h2-5,15-18,21H,6-12H2,1H3,(H,22,25);1H. The van der Waals surface area contributed by atoms with Crippen molar-refractivity contribution in [1.82, 2.24) is 15.5 Å². The van der Waals surface area contributed by atoms with E-state index in [-0.39, 0.29) is 36.3 Å². The topological polar surface area (TPSA) is 61.4 Å². The molecule has 3 atom stereocenters. The molecule has 2 N–H and O–H groups in total. The lowest BCUT2D eigenvalue weighted by Crippen LogP contribution is -2.52. The zero-order chi connectivity index (χ0) is 17.4. The molecule has 3 aliphatic rings. The predicted molar refractivity (Wildman–Crippen MR) is 103 cm³/mol. The Morgan fingerprint density at radius 1 is 1.15 bits per heavy atom. The first-order valence-electron chi connectivity index (χ1n) is 9.50. The Labute approximate surface area is 161 Å². The Balaban J connectivity index is 0.00000196. The van der Waals surface area contributed by atoms with Gasteiger partial charge in [0.05, 0.1) is 0 Å². The van der Waals surface area contributed by atoms with Crippen LogP contribution in [-0.2, 0) is 16.1 Å². The summed E-state index contributed by atoms with van der Waals surface area (Å²) in [5.41, 5.74) is 2.28. The average Bonchev–Trinajstić information content (AvgIpc) is 3.12. The van der Waals surface area contributed by atoms with E-state index >= 15 is 0 Å². The van der Waals surface area contributed by atoms with Crippen LogP contribution in [0.3, 0.4) is 0 Å². The van der Waals surface area contributed by atoms with Crippen LogP contribution in [0.4, 0.5) is 0 Å². The summed E-state index contributed by atoms with van der Waals surface area (Å²) in [6.07, 6.45) is 5.58. The van der Waals surface area contributed by atoms with Gasteiger partial charge in [-0.3, -0.25) is 9.59 Å². The summed E-state index contributed by atoms with van der Waals surface area (Å²) in [5, 5.41) is 6.83. The summed E-state index contributed by atoms with van der Waals surface area (Å²) >= 11 is 0. The highest BCUT2D eigenvalue weighted by Gasteiger charge is 2.39. The highest BCUT2D eigenvalue weighted by Crippen LogP contribution is 2.28. The zero-order valence-corrected chi connectivity index (χ0v) is 16.1. The van der Waals surface area contributed by atoms with Crippen molar-refractivity contribution in [2.45, 2.75) is 76.2 Å². The predicted octanol–water partition coefficient (Wildman–Crippen LogP) is 2.31. The summed E-state index contributed by atoms with van der Waals surface area (Å²) in [4.78, 5) is 26.9. The minimum atomic E-state index is -0.318. The van der Waals surface area contributed by atoms with Gasteiger partial charge >= 0.3 is 0 Å². The molecule has 2 amide bonds. The van der Waals surface area contributed by atoms with Gasteiger partial charge in [-0.1, -0.05) is 29.8 Å². The first-order chi connectivity index (χ1) is 12.1. The number of hydrogen-bond donors (Lipinski definition) is 2. The second-order valence-electron chi connectivity index (χ2n) is 7.88. The number of carbonyl (C=O) groups excluding carboxylic acids is 2. The molecule has 1 aromatic carbocycles. The summed E-state index contributed by atoms with van der Waals surface area (Å²) in [5.74, 6) is 0.121. The number of fused-ring (bicyclic) bond motifs is 2. The maximum absolute atomic E-state index is 12.8. The minimum Gasteiger partial charge on any atom is -0.351 e. The third-order valence-corrected chi connectivity index (χ3v) is 5.92. The van der Waals surface area contributed by atoms with Gasteiger partial charge in [-0.05, 0) is 44.6 Å². The van der Waals surface area contributed by atoms with E-state index in [1.165, 1.54) is 18.4 Å². The normalized spacial score (nSPS) is 30.2. The van der Waals surface area contributed by atoms with Crippen molar-refractivity contribution in [3.63, 3.8) is 0 Å². The van der Waals surface area contributed by atoms with Gasteiger partial charge in [-0.25, -0.2) is 0 Å². The fourth-order valence-corrected chi connectivity index (χ4v) is 4.57. The maximum atomic E-state index is 12.8. The van der Waals surface area contributed by atoms with Crippen molar-refractivity contribution in [2.75, 3.05) is 0 Å². The first kappa shape index (κ1) is 19.2. The smallest absolute Gasteiger partial charge is 0.243 e. The number of amides is 2. The fourth-order valence-electron chi connectivity index (χ4n) is 4.57. The highest BCUT2D eigenvalue weighted by atomic mass is 35.5. The minimum absolute atomic E-state index is 0. The third-order valence-electron chi connectivity index (χ3n) is 5.92. The van der Waals surface area contributed by atoms with Crippen LogP contribution in [0.2, 0.25) is 0 Å². The summed E-state index contributed by atoms with van der Waals surface area (Å²) < 4.78 is 0. The Morgan fingerprint density at radius 3 is 2.46 bits per heavy atom. The van der Waals surface area contributed by atoms with Crippen LogP contribution in [0.25, 0.3) is 0 Å². The maximum Gasteiger partial charge on any atom is 0.243 e. The van der Waals surface area contributed by atoms with E-state index in [1.54, 1.807) is 4.90 Å². The van der Waals surface area contributed by atoms with Crippen LogP contribution < -0.4 is 10.6 Å². The van der Waals surface area contributed by atoms with E-state index < -0.39 is 0 Å². The number of rotatable bonds is 4. The van der Waals surface area contributed by atoms with E-state index in [0.717, 1.165) is 18.4 Å². The van der Waals surface area contributed by atoms with Crippen molar-refractivity contribution in [1.29, 1.82) is 0 Å². The van der Waals surface area contributed by atoms with Gasteiger partial charge in [-0.2, -0.15) is 0 Å². The molecule has 0 aromatic heterocycles. The summed E-state index contributed by atoms with van der Waals surface area (Å²) in [6.45, 7) is 2.57. The lowest BCUT2D eigenvalue weighted by atomic mass is 9.99. The molecule has 2 bridgehead atoms. The number of benzene rings is 1. The Morgan fingerprint density at radius 2 is 1.81 bits per heavy atom. The molecule has 142 valence electrons. The average molecular weight is 378 g/mol. The van der Waals surface area contributed by atoms with Gasteiger partial charge in [-0.15, -0.1) is 12.4 Å². The largest absolute Gasteiger partial charge is 0.351 e. The van der Waals surface area contributed by atoms with Crippen LogP contribution in [0.1, 0.15) is 49.7 Å². The second kappa shape index (κ2) is 7.97. The van der Waals surface area contributed by atoms with Crippen LogP contribution >= 0.6 is 12.4 Å². The number of likely N-dealkylation sites (tertiary alicyclic amines) is 1. The van der Waals surface area contributed by atoms with E-state index in [0.29, 0.717) is 31.5 Å². The van der Waals surface area contributed by atoms with Gasteiger partial charge in [0.25, 0.3) is 0 Å². The third kappa shape index (κ3) is 4.04. The van der Waals surface area contributed by atoms with E-state index in [1.807, 2.05) is 19.1 Å². The molecule has 5 nitrogen and oxygen atoms in total. The number of carbonyl (C=O) groups is 2. The van der Waals surface area contributed by atoms with Crippen molar-refractivity contribution in [2.24, 2.45) is 0 Å². The number of hydrogen-bond acceptors (Lipinski definition) is 3. The zero-order valence-electron chi connectivity index (χ0n) is 15.2. The highest BCUT2D eigenvalue weighted by molar-refractivity contribution is 5.91. The summed E-state index contributed by atoms with van der Waals surface area (Å²) in [7, 11) is 0. The van der Waals surface area contributed by atoms with Gasteiger partial charge < -0.3 is 15.5 Å². The van der Waals surface area contributed by atoms with Crippen molar-refractivity contribution in [3.05, 3.63) is 35.4 Å². The van der Waals surface area contributed by atoms with Crippen LogP contribution in [0.5, 0.6) is 0 Å². The van der Waals surface area contributed by atoms with Crippen molar-refractivity contribution >= 4 is 24.2 Å². The molecule has 0 radical (unpaired) electrons. The molecule has 4 rings (SSSR count). The molecule has 0 aliphatic carbocycles. The lowest BCUT2D eigenvalue weighted by molar-refractivity contribution is -0.136. The Bertz CT molecular complexity index is 652. The molecule has 0 saturated carbocycles. The number of aryl methyl sites for hydroxylation is 1. The molecule has 3 heterocycles. The molecule has 3 saturated heterocycles. The van der Waals surface area contributed by atoms with E-state index in [2.05, 4.69) is 22.8 Å². The second-order valence-corrected chi connectivity index (χ2v) is 7.88. The quantitative estimate of drug-likeness (QED) is 0.846. The molecule has 0 spiro atoms. The van der Waals surface area contributed by atoms with Gasteiger partial charge in [0.15, 0.2) is 0 Å². The van der Waals surface area contributed by atoms with E-state index in [4.69, 9.17) is 0 Å². The van der Waals surface area contributed by atoms with Crippen LogP contribution in [0, 0.1) is 6.92 Å². The number of nitrogens with zero attached hydrogens (tertiary/aromatic N) is 1. The number of halogens is 1. The van der Waals surface area contributed by atoms with Gasteiger partial charge in [0.1, 0.15) is 6.04 Å². The van der Waals surface area contributed by atoms with E-state index in [9.17, 15) is 9.59 Å². The first-order valence-corrected chi connectivity index (χ1v) is 9.50. The van der Waals surface area contributed by atoms with Gasteiger partial charge in [0.2, 0.25) is 11.8 Å². The lowest BCUT2D eigenvalue weighted by Gasteiger charge is -2.32. The molecule has 3 unspecified atom stereocenters. The molecule has 26 heavy (non-hydrogen) atoms. The molecule has 3 aliphatic heterocycles. The van der Waals surface area contributed by atoms with Crippen molar-refractivity contribution in [3.8, 4) is 0 Å². The molecular formula is C20H28ClN3O2. The molecule has 1 aromatic rings. The van der Waals surface area contributed by atoms with Crippen LogP contribution in [-0.4, -0.2) is 40.9 Å². The monoisotopic (exact) mass is 377 g/mol. The fraction of sp³-hybridized carbons (Fsp3) is 0.600. The number of piperidine rings is 1. The summed E-state index contributed by atoms with van der Waals surface area (Å²) in [6, 6.07) is 9.23. The van der Waals surface area contributed by atoms with Crippen molar-refractivity contribution < 1.29 is 9.59 Å². The molecular weight excluding hydrogens is 350 g/mol. The SMILES string of the molecule is Cc1ccc(CN2C(=O)CCC2C(=O)NC2CC3CCC(C2)N3)cc1.Cl. The Kier molecular flexibility index (Phi) is 5.88. The van der Waals surface area contributed by atoms with Crippen LogP contribution in [0.15, 0.2) is 24.3 Å². The molecule has 6 heteroatoms. The molecule has 3 fully saturated rings.